The number of nitrogens with two attached hydrogens (primary N) is 1. The minimum absolute atomic E-state index is 0.0890. The first-order valence-electron chi connectivity index (χ1n) is 7.99. The van der Waals surface area contributed by atoms with E-state index in [1.54, 1.807) is 4.90 Å². The van der Waals surface area contributed by atoms with E-state index in [9.17, 15) is 4.79 Å². The third kappa shape index (κ3) is 11.7. The monoisotopic (exact) mass is 302 g/mol. The van der Waals surface area contributed by atoms with Gasteiger partial charge in [-0.1, -0.05) is 20.8 Å². The van der Waals surface area contributed by atoms with Crippen molar-refractivity contribution in [2.75, 3.05) is 39.5 Å². The summed E-state index contributed by atoms with van der Waals surface area (Å²) in [5, 5.41) is 0. The number of ether oxygens (including phenoxy) is 2. The third-order valence-corrected chi connectivity index (χ3v) is 3.08. The van der Waals surface area contributed by atoms with E-state index in [0.717, 1.165) is 6.42 Å². The molecule has 0 heterocycles. The van der Waals surface area contributed by atoms with Gasteiger partial charge in [-0.3, -0.25) is 4.79 Å². The number of hydrogen-bond donors (Lipinski definition) is 1. The standard InChI is InChI=1S/C16H34N2O3/c1-6-20-10-8-18(9-11-21-7-2)15(19)12-14(17)13-16(3,4)5/h14H,6-13,17H2,1-5H3. The summed E-state index contributed by atoms with van der Waals surface area (Å²) in [6, 6.07) is -0.0980. The minimum Gasteiger partial charge on any atom is -0.380 e. The summed E-state index contributed by atoms with van der Waals surface area (Å²) in [7, 11) is 0. The van der Waals surface area contributed by atoms with Gasteiger partial charge >= 0.3 is 0 Å². The Kier molecular flexibility index (Phi) is 10.6. The minimum atomic E-state index is -0.0980. The Balaban J connectivity index is 4.33. The molecule has 126 valence electrons. The predicted octanol–water partition coefficient (Wildman–Crippen LogP) is 2.04. The second-order valence-electron chi connectivity index (χ2n) is 6.50. The molecule has 0 aromatic rings. The van der Waals surface area contributed by atoms with Gasteiger partial charge in [0.15, 0.2) is 0 Å². The molecule has 0 fully saturated rings. The average Bonchev–Trinajstić information content (AvgIpc) is 2.34. The van der Waals surface area contributed by atoms with Crippen LogP contribution in [0, 0.1) is 5.41 Å². The van der Waals surface area contributed by atoms with E-state index in [2.05, 4.69) is 20.8 Å². The third-order valence-electron chi connectivity index (χ3n) is 3.08. The fourth-order valence-corrected chi connectivity index (χ4v) is 2.21. The highest BCUT2D eigenvalue weighted by molar-refractivity contribution is 5.76. The SMILES string of the molecule is CCOCCN(CCOCC)C(=O)CC(N)CC(C)(C)C. The zero-order valence-electron chi connectivity index (χ0n) is 14.5. The van der Waals surface area contributed by atoms with Crippen molar-refractivity contribution in [2.24, 2.45) is 11.1 Å². The Morgan fingerprint density at radius 3 is 1.95 bits per heavy atom. The lowest BCUT2D eigenvalue weighted by atomic mass is 9.87. The molecule has 0 aromatic carbocycles. The summed E-state index contributed by atoms with van der Waals surface area (Å²) in [6.45, 7) is 14.0. The summed E-state index contributed by atoms with van der Waals surface area (Å²) in [5.74, 6) is 0.0890. The maximum Gasteiger partial charge on any atom is 0.224 e. The second kappa shape index (κ2) is 11.0. The van der Waals surface area contributed by atoms with Crippen LogP contribution in [0.1, 0.15) is 47.5 Å². The Morgan fingerprint density at radius 1 is 1.10 bits per heavy atom. The number of carbonyl (C=O) groups excluding carboxylic acids is 1. The van der Waals surface area contributed by atoms with Crippen molar-refractivity contribution in [3.63, 3.8) is 0 Å². The van der Waals surface area contributed by atoms with Crippen LogP contribution >= 0.6 is 0 Å². The van der Waals surface area contributed by atoms with E-state index in [4.69, 9.17) is 15.2 Å². The van der Waals surface area contributed by atoms with Gasteiger partial charge in [0.1, 0.15) is 0 Å². The first kappa shape index (κ1) is 20.3. The van der Waals surface area contributed by atoms with Crippen molar-refractivity contribution in [1.29, 1.82) is 0 Å². The van der Waals surface area contributed by atoms with Gasteiger partial charge in [0, 0.05) is 38.8 Å². The molecule has 5 nitrogen and oxygen atoms in total. The molecule has 2 N–H and O–H groups in total. The molecule has 1 amide bonds. The molecule has 5 heteroatoms. The van der Waals surface area contributed by atoms with Crippen LogP contribution in [0.2, 0.25) is 0 Å². The van der Waals surface area contributed by atoms with Gasteiger partial charge < -0.3 is 20.1 Å². The maximum absolute atomic E-state index is 12.4. The lowest BCUT2D eigenvalue weighted by Crippen LogP contribution is -2.40. The number of rotatable bonds is 11. The van der Waals surface area contributed by atoms with Gasteiger partial charge in [-0.15, -0.1) is 0 Å². The van der Waals surface area contributed by atoms with Crippen LogP contribution in [0.4, 0.5) is 0 Å². The molecule has 0 aliphatic rings. The summed E-state index contributed by atoms with van der Waals surface area (Å²) in [5.41, 5.74) is 6.24. The predicted molar refractivity (Wildman–Crippen MR) is 86.2 cm³/mol. The average molecular weight is 302 g/mol. The highest BCUT2D eigenvalue weighted by Crippen LogP contribution is 2.21. The molecule has 0 saturated carbocycles. The van der Waals surface area contributed by atoms with Gasteiger partial charge in [-0.25, -0.2) is 0 Å². The lowest BCUT2D eigenvalue weighted by molar-refractivity contribution is -0.133. The normalized spacial score (nSPS) is 13.2. The molecular weight excluding hydrogens is 268 g/mol. The smallest absolute Gasteiger partial charge is 0.224 e. The van der Waals surface area contributed by atoms with Gasteiger partial charge in [0.05, 0.1) is 13.2 Å². The van der Waals surface area contributed by atoms with Crippen LogP contribution in [-0.4, -0.2) is 56.4 Å². The molecule has 0 aliphatic carbocycles. The first-order valence-corrected chi connectivity index (χ1v) is 7.99. The van der Waals surface area contributed by atoms with E-state index in [-0.39, 0.29) is 17.4 Å². The summed E-state index contributed by atoms with van der Waals surface area (Å²) < 4.78 is 10.7. The summed E-state index contributed by atoms with van der Waals surface area (Å²) in [6.07, 6.45) is 1.22. The van der Waals surface area contributed by atoms with Crippen molar-refractivity contribution in [1.82, 2.24) is 4.90 Å². The summed E-state index contributed by atoms with van der Waals surface area (Å²) in [4.78, 5) is 14.2. The Bertz CT molecular complexity index is 267. The molecule has 0 radical (unpaired) electrons. The van der Waals surface area contributed by atoms with Crippen molar-refractivity contribution in [3.05, 3.63) is 0 Å². The largest absolute Gasteiger partial charge is 0.380 e. The van der Waals surface area contributed by atoms with E-state index in [0.29, 0.717) is 45.9 Å². The molecule has 0 aromatic heterocycles. The molecule has 1 atom stereocenters. The van der Waals surface area contributed by atoms with Crippen molar-refractivity contribution in [2.45, 2.75) is 53.5 Å². The maximum atomic E-state index is 12.4. The second-order valence-corrected chi connectivity index (χ2v) is 6.50. The highest BCUT2D eigenvalue weighted by Gasteiger charge is 2.21. The van der Waals surface area contributed by atoms with Crippen molar-refractivity contribution < 1.29 is 14.3 Å². The zero-order chi connectivity index (χ0) is 16.3. The Morgan fingerprint density at radius 2 is 1.57 bits per heavy atom. The molecule has 0 spiro atoms. The number of nitrogens with zero attached hydrogens (tertiary/aromatic N) is 1. The quantitative estimate of drug-likeness (QED) is 0.593. The van der Waals surface area contributed by atoms with Gasteiger partial charge in [-0.2, -0.15) is 0 Å². The van der Waals surface area contributed by atoms with E-state index < -0.39 is 0 Å². The van der Waals surface area contributed by atoms with E-state index >= 15 is 0 Å². The van der Waals surface area contributed by atoms with Gasteiger partial charge in [0.25, 0.3) is 0 Å². The van der Waals surface area contributed by atoms with Crippen LogP contribution in [0.15, 0.2) is 0 Å². The topological polar surface area (TPSA) is 64.8 Å². The number of hydrogen-bond acceptors (Lipinski definition) is 4. The van der Waals surface area contributed by atoms with Crippen molar-refractivity contribution in [3.8, 4) is 0 Å². The number of amides is 1. The van der Waals surface area contributed by atoms with Gasteiger partial charge in [-0.05, 0) is 25.7 Å². The Labute approximate surface area is 130 Å². The van der Waals surface area contributed by atoms with Crippen LogP contribution in [0.5, 0.6) is 0 Å². The molecule has 21 heavy (non-hydrogen) atoms. The van der Waals surface area contributed by atoms with Crippen LogP contribution < -0.4 is 5.73 Å². The van der Waals surface area contributed by atoms with Crippen LogP contribution in [-0.2, 0) is 14.3 Å². The molecule has 0 rings (SSSR count). The first-order chi connectivity index (χ1) is 9.80. The van der Waals surface area contributed by atoms with E-state index in [1.165, 1.54) is 0 Å². The van der Waals surface area contributed by atoms with Crippen molar-refractivity contribution >= 4 is 5.91 Å². The fraction of sp³-hybridized carbons (Fsp3) is 0.938. The molecule has 0 saturated heterocycles. The fourth-order valence-electron chi connectivity index (χ4n) is 2.21. The lowest BCUT2D eigenvalue weighted by Gasteiger charge is -2.27. The highest BCUT2D eigenvalue weighted by atomic mass is 16.5. The summed E-state index contributed by atoms with van der Waals surface area (Å²) >= 11 is 0. The molecule has 0 aliphatic heterocycles. The molecule has 1 unspecified atom stereocenters. The van der Waals surface area contributed by atoms with E-state index in [1.807, 2.05) is 13.8 Å². The molecular formula is C16H34N2O3. The number of carbonyl (C=O) groups is 1. The van der Waals surface area contributed by atoms with Crippen LogP contribution in [0.3, 0.4) is 0 Å². The zero-order valence-corrected chi connectivity index (χ0v) is 14.5. The van der Waals surface area contributed by atoms with Crippen LogP contribution in [0.25, 0.3) is 0 Å². The van der Waals surface area contributed by atoms with Gasteiger partial charge in [0.2, 0.25) is 5.91 Å². The molecule has 0 bridgehead atoms. The Hall–Kier alpha value is -0.650.